The molecule has 23 heavy (non-hydrogen) atoms. The third kappa shape index (κ3) is 3.15. The van der Waals surface area contributed by atoms with E-state index in [0.717, 1.165) is 68.8 Å². The van der Waals surface area contributed by atoms with Crippen LogP contribution in [0, 0.1) is 0 Å². The van der Waals surface area contributed by atoms with Crippen LogP contribution in [0.4, 0.5) is 0 Å². The van der Waals surface area contributed by atoms with Crippen molar-refractivity contribution in [2.24, 2.45) is 0 Å². The molecule has 0 amide bonds. The molecule has 0 spiro atoms. The number of rotatable bonds is 3. The van der Waals surface area contributed by atoms with Crippen LogP contribution in [-0.2, 0) is 11.3 Å². The Morgan fingerprint density at radius 3 is 2.96 bits per heavy atom. The first-order chi connectivity index (χ1) is 11.3. The Kier molecular flexibility index (Phi) is 4.11. The topological polar surface area (TPSA) is 70.2 Å². The van der Waals surface area contributed by atoms with Crippen LogP contribution in [0.25, 0.3) is 11.0 Å². The number of aromatic nitrogens is 2. The van der Waals surface area contributed by atoms with Gasteiger partial charge in [0.05, 0.1) is 17.1 Å². The van der Waals surface area contributed by atoms with Crippen molar-refractivity contribution < 1.29 is 4.74 Å². The van der Waals surface area contributed by atoms with E-state index < -0.39 is 0 Å². The minimum atomic E-state index is -0.0783. The van der Waals surface area contributed by atoms with Crippen LogP contribution in [0.5, 0.6) is 0 Å². The lowest BCUT2D eigenvalue weighted by Crippen LogP contribution is -2.42. The van der Waals surface area contributed by atoms with E-state index in [9.17, 15) is 4.79 Å². The van der Waals surface area contributed by atoms with Gasteiger partial charge in [0.2, 0.25) is 0 Å². The summed E-state index contributed by atoms with van der Waals surface area (Å²) < 4.78 is 5.63. The van der Waals surface area contributed by atoms with Crippen LogP contribution in [0.15, 0.2) is 23.1 Å². The Morgan fingerprint density at radius 1 is 1.30 bits per heavy atom. The molecule has 0 saturated carbocycles. The molecule has 0 aromatic carbocycles. The first kappa shape index (κ1) is 14.8. The normalized spacial score (nSPS) is 22.7. The van der Waals surface area contributed by atoms with Gasteiger partial charge in [-0.1, -0.05) is 0 Å². The predicted molar refractivity (Wildman–Crippen MR) is 88.4 cm³/mol. The van der Waals surface area contributed by atoms with Crippen molar-refractivity contribution in [3.8, 4) is 0 Å². The zero-order valence-corrected chi connectivity index (χ0v) is 13.2. The molecule has 2 aliphatic rings. The van der Waals surface area contributed by atoms with Gasteiger partial charge in [0, 0.05) is 51.1 Å². The molecule has 2 aromatic rings. The summed E-state index contributed by atoms with van der Waals surface area (Å²) in [6.07, 6.45) is 3.77. The van der Waals surface area contributed by atoms with Gasteiger partial charge in [-0.2, -0.15) is 0 Å². The predicted octanol–water partition coefficient (Wildman–Crippen LogP) is 1.18. The molecule has 1 unspecified atom stereocenters. The van der Waals surface area contributed by atoms with Gasteiger partial charge >= 0.3 is 0 Å². The van der Waals surface area contributed by atoms with Gasteiger partial charge in [0.25, 0.3) is 5.56 Å². The number of aromatic amines is 1. The maximum absolute atomic E-state index is 12.3. The SMILES string of the molecule is O=c1[nH]c2cc(CN3CCNCC3)cnc2cc1C1CCCO1. The molecule has 0 bridgehead atoms. The smallest absolute Gasteiger partial charge is 0.254 e. The van der Waals surface area contributed by atoms with Crippen LogP contribution in [0.1, 0.15) is 30.1 Å². The Morgan fingerprint density at radius 2 is 2.17 bits per heavy atom. The van der Waals surface area contributed by atoms with Gasteiger partial charge in [-0.3, -0.25) is 14.7 Å². The second kappa shape index (κ2) is 6.39. The van der Waals surface area contributed by atoms with Gasteiger partial charge in [0.15, 0.2) is 0 Å². The number of ether oxygens (including phenoxy) is 1. The third-order valence-corrected chi connectivity index (χ3v) is 4.67. The lowest BCUT2D eigenvalue weighted by molar-refractivity contribution is 0.111. The third-order valence-electron chi connectivity index (χ3n) is 4.67. The van der Waals surface area contributed by atoms with Crippen LogP contribution >= 0.6 is 0 Å². The summed E-state index contributed by atoms with van der Waals surface area (Å²) >= 11 is 0. The number of piperazine rings is 1. The van der Waals surface area contributed by atoms with Crippen molar-refractivity contribution in [2.45, 2.75) is 25.5 Å². The molecule has 6 nitrogen and oxygen atoms in total. The van der Waals surface area contributed by atoms with Gasteiger partial charge < -0.3 is 15.0 Å². The number of H-pyrrole nitrogens is 1. The fourth-order valence-electron chi connectivity index (χ4n) is 3.42. The van der Waals surface area contributed by atoms with Crippen molar-refractivity contribution in [3.63, 3.8) is 0 Å². The quantitative estimate of drug-likeness (QED) is 0.890. The van der Waals surface area contributed by atoms with E-state index in [1.165, 1.54) is 0 Å². The lowest BCUT2D eigenvalue weighted by atomic mass is 10.1. The zero-order chi connectivity index (χ0) is 15.6. The highest BCUT2D eigenvalue weighted by molar-refractivity contribution is 5.75. The molecule has 4 heterocycles. The average molecular weight is 314 g/mol. The summed E-state index contributed by atoms with van der Waals surface area (Å²) in [6.45, 7) is 5.77. The molecule has 4 rings (SSSR count). The number of hydrogen-bond acceptors (Lipinski definition) is 5. The Bertz CT molecular complexity index is 746. The van der Waals surface area contributed by atoms with Gasteiger partial charge in [-0.15, -0.1) is 0 Å². The zero-order valence-electron chi connectivity index (χ0n) is 13.2. The maximum Gasteiger partial charge on any atom is 0.254 e. The highest BCUT2D eigenvalue weighted by atomic mass is 16.5. The fourth-order valence-corrected chi connectivity index (χ4v) is 3.42. The summed E-state index contributed by atoms with van der Waals surface area (Å²) in [5, 5.41) is 3.35. The van der Waals surface area contributed by atoms with Crippen molar-refractivity contribution in [3.05, 3.63) is 39.8 Å². The molecule has 0 radical (unpaired) electrons. The molecule has 2 N–H and O–H groups in total. The molecule has 2 saturated heterocycles. The highest BCUT2D eigenvalue weighted by Crippen LogP contribution is 2.27. The molecule has 2 fully saturated rings. The summed E-state index contributed by atoms with van der Waals surface area (Å²) in [7, 11) is 0. The molecular formula is C17H22N4O2. The minimum absolute atomic E-state index is 0.0504. The first-order valence-corrected chi connectivity index (χ1v) is 8.36. The van der Waals surface area contributed by atoms with Crippen LogP contribution in [-0.4, -0.2) is 47.7 Å². The second-order valence-corrected chi connectivity index (χ2v) is 6.36. The number of fused-ring (bicyclic) bond motifs is 1. The van der Waals surface area contributed by atoms with E-state index in [2.05, 4.69) is 20.2 Å². The molecule has 122 valence electrons. The molecular weight excluding hydrogens is 292 g/mol. The number of pyridine rings is 2. The Balaban J connectivity index is 1.61. The van der Waals surface area contributed by atoms with Crippen molar-refractivity contribution in [1.29, 1.82) is 0 Å². The maximum atomic E-state index is 12.3. The Hall–Kier alpha value is -1.76. The van der Waals surface area contributed by atoms with E-state index in [-0.39, 0.29) is 11.7 Å². The Labute approximate surface area is 134 Å². The summed E-state index contributed by atoms with van der Waals surface area (Å²) in [5.74, 6) is 0. The standard InChI is InChI=1S/C17H22N4O2/c22-17-13(16-2-1-7-23-16)9-14-15(20-17)8-12(10-19-14)11-21-5-3-18-4-6-21/h8-10,16,18H,1-7,11H2,(H,20,22). The molecule has 0 aliphatic carbocycles. The van der Waals surface area contributed by atoms with Crippen LogP contribution in [0.2, 0.25) is 0 Å². The second-order valence-electron chi connectivity index (χ2n) is 6.36. The van der Waals surface area contributed by atoms with Gasteiger partial charge in [-0.05, 0) is 30.5 Å². The average Bonchev–Trinajstić information content (AvgIpc) is 3.09. The summed E-state index contributed by atoms with van der Waals surface area (Å²) in [4.78, 5) is 22.3. The number of hydrogen-bond donors (Lipinski definition) is 2. The number of nitrogens with one attached hydrogen (secondary N) is 2. The summed E-state index contributed by atoms with van der Waals surface area (Å²) in [5.41, 5.74) is 3.44. The largest absolute Gasteiger partial charge is 0.373 e. The summed E-state index contributed by atoms with van der Waals surface area (Å²) in [6, 6.07) is 3.93. The van der Waals surface area contributed by atoms with Crippen molar-refractivity contribution in [1.82, 2.24) is 20.2 Å². The highest BCUT2D eigenvalue weighted by Gasteiger charge is 2.21. The van der Waals surface area contributed by atoms with E-state index >= 15 is 0 Å². The number of nitrogens with zero attached hydrogens (tertiary/aromatic N) is 2. The lowest BCUT2D eigenvalue weighted by Gasteiger charge is -2.27. The van der Waals surface area contributed by atoms with Crippen LogP contribution in [0.3, 0.4) is 0 Å². The van der Waals surface area contributed by atoms with E-state index in [1.807, 2.05) is 18.3 Å². The molecule has 2 aromatic heterocycles. The molecule has 2 aliphatic heterocycles. The van der Waals surface area contributed by atoms with Gasteiger partial charge in [0.1, 0.15) is 0 Å². The van der Waals surface area contributed by atoms with Crippen molar-refractivity contribution in [2.75, 3.05) is 32.8 Å². The van der Waals surface area contributed by atoms with E-state index in [1.54, 1.807) is 0 Å². The molecule has 6 heteroatoms. The van der Waals surface area contributed by atoms with Gasteiger partial charge in [-0.25, -0.2) is 0 Å². The molecule has 1 atom stereocenters. The first-order valence-electron chi connectivity index (χ1n) is 8.36. The van der Waals surface area contributed by atoms with E-state index in [4.69, 9.17) is 4.74 Å². The fraction of sp³-hybridized carbons (Fsp3) is 0.529. The van der Waals surface area contributed by atoms with Crippen molar-refractivity contribution >= 4 is 11.0 Å². The van der Waals surface area contributed by atoms with Crippen LogP contribution < -0.4 is 10.9 Å². The monoisotopic (exact) mass is 314 g/mol. The minimum Gasteiger partial charge on any atom is -0.373 e. The van der Waals surface area contributed by atoms with E-state index in [0.29, 0.717) is 5.56 Å².